The van der Waals surface area contributed by atoms with E-state index in [0.717, 1.165) is 0 Å². The van der Waals surface area contributed by atoms with Gasteiger partial charge in [-0.3, -0.25) is 0 Å². The zero-order valence-electron chi connectivity index (χ0n) is 14.5. The molecule has 0 atom stereocenters. The Hall–Kier alpha value is -1.15. The second-order valence-electron chi connectivity index (χ2n) is 5.32. The van der Waals surface area contributed by atoms with E-state index in [1.54, 1.807) is 0 Å². The van der Waals surface area contributed by atoms with Crippen LogP contribution in [0.4, 0.5) is 13.2 Å². The number of halogens is 3. The minimum atomic E-state index is -6.09. The second-order valence-corrected chi connectivity index (χ2v) is 10.2. The van der Waals surface area contributed by atoms with Crippen molar-refractivity contribution >= 4 is 45.4 Å². The average Bonchev–Trinajstić information content (AvgIpc) is 2.74. The van der Waals surface area contributed by atoms with Gasteiger partial charge in [0.1, 0.15) is 0 Å². The molecule has 0 bridgehead atoms. The van der Waals surface area contributed by atoms with E-state index in [2.05, 4.69) is 37.5 Å². The van der Waals surface area contributed by atoms with Crippen molar-refractivity contribution in [2.24, 2.45) is 0 Å². The first-order valence-electron chi connectivity index (χ1n) is 7.36. The van der Waals surface area contributed by atoms with E-state index in [9.17, 15) is 18.0 Å². The molecule has 11 heteroatoms. The molecule has 6 nitrogen and oxygen atoms in total. The summed E-state index contributed by atoms with van der Waals surface area (Å²) in [6.07, 6.45) is 0. The molecule has 0 aliphatic carbocycles. The molecule has 146 valence electrons. The van der Waals surface area contributed by atoms with Crippen molar-refractivity contribution < 1.29 is 40.2 Å². The van der Waals surface area contributed by atoms with Gasteiger partial charge in [0.15, 0.2) is 10.1 Å². The molecule has 0 fully saturated rings. The van der Waals surface area contributed by atoms with Crippen LogP contribution < -0.4 is 4.57 Å². The van der Waals surface area contributed by atoms with Gasteiger partial charge in [0.25, 0.3) is 0 Å². The van der Waals surface area contributed by atoms with Gasteiger partial charge < -0.3 is 4.55 Å². The Morgan fingerprint density at radius 3 is 2.19 bits per heavy atom. The quantitative estimate of drug-likeness (QED) is 0.207. The van der Waals surface area contributed by atoms with E-state index in [4.69, 9.17) is 17.7 Å². The van der Waals surface area contributed by atoms with Crippen molar-refractivity contribution in [3.63, 3.8) is 0 Å². The fourth-order valence-corrected chi connectivity index (χ4v) is 5.12. The number of aromatic nitrogens is 1. The third-order valence-electron chi connectivity index (χ3n) is 3.38. The molecule has 0 aliphatic heterocycles. The number of hydrogen-bond donors (Lipinski definition) is 0. The van der Waals surface area contributed by atoms with E-state index in [1.165, 1.54) is 23.8 Å². The predicted octanol–water partition coefficient (Wildman–Crippen LogP) is 1.72. The minimum absolute atomic E-state index is 0.143. The standard InChI is InChI=1S/C14H18NO2Te.CHF3O3S/c1-5-17-14(16)8-15-11(4)18-13-7-10(3)9(2)6-12(13)15;2-1(3,4)8(5,6)7/h6-7H,5,8H2,1-4H3;(H,5,6,7)/q+1;/p-1. The molecule has 1 aromatic heterocycles. The summed E-state index contributed by atoms with van der Waals surface area (Å²) in [5.74, 6) is -0.143. The van der Waals surface area contributed by atoms with Crippen LogP contribution in [-0.2, 0) is 26.2 Å². The van der Waals surface area contributed by atoms with Gasteiger partial charge in [0.2, 0.25) is 0 Å². The third-order valence-corrected chi connectivity index (χ3v) is 6.98. The number of hydrogen-bond acceptors (Lipinski definition) is 5. The molecule has 0 spiro atoms. The molecule has 0 unspecified atom stereocenters. The number of carbonyl (C=O) groups is 1. The van der Waals surface area contributed by atoms with Crippen LogP contribution in [0.2, 0.25) is 0 Å². The van der Waals surface area contributed by atoms with Crippen molar-refractivity contribution in [1.29, 1.82) is 0 Å². The van der Waals surface area contributed by atoms with Crippen LogP contribution in [0, 0.1) is 20.8 Å². The summed E-state index contributed by atoms with van der Waals surface area (Å²) in [6, 6.07) is 4.48. The molecule has 0 amide bonds. The zero-order valence-corrected chi connectivity index (χ0v) is 17.7. The van der Waals surface area contributed by atoms with E-state index < -0.39 is 15.6 Å². The summed E-state index contributed by atoms with van der Waals surface area (Å²) >= 11 is -0.307. The Bertz CT molecular complexity index is 906. The largest absolute Gasteiger partial charge is 0.741 e. The van der Waals surface area contributed by atoms with Gasteiger partial charge in [-0.15, -0.1) is 0 Å². The maximum absolute atomic E-state index is 11.6. The third kappa shape index (κ3) is 5.94. The fraction of sp³-hybridized carbons (Fsp3) is 0.467. The van der Waals surface area contributed by atoms with Crippen LogP contribution in [0.5, 0.6) is 0 Å². The van der Waals surface area contributed by atoms with E-state index in [1.807, 2.05) is 6.92 Å². The first-order chi connectivity index (χ1) is 11.8. The molecule has 0 saturated heterocycles. The first-order valence-corrected chi connectivity index (χ1v) is 11.1. The summed E-state index contributed by atoms with van der Waals surface area (Å²) in [5.41, 5.74) is -1.81. The molecule has 1 heterocycles. The van der Waals surface area contributed by atoms with Crippen molar-refractivity contribution in [3.8, 4) is 0 Å². The molecule has 0 N–H and O–H groups in total. The summed E-state index contributed by atoms with van der Waals surface area (Å²) in [7, 11) is -6.09. The fourth-order valence-electron chi connectivity index (χ4n) is 1.98. The number of benzene rings is 1. The smallest absolute Gasteiger partial charge is 0.485 e. The molecular formula is C15H18F3NO5STe. The Balaban J connectivity index is 0.000000359. The normalized spacial score (nSPS) is 11.8. The maximum atomic E-state index is 11.6. The van der Waals surface area contributed by atoms with Crippen molar-refractivity contribution in [2.45, 2.75) is 39.7 Å². The van der Waals surface area contributed by atoms with E-state index in [0.29, 0.717) is 13.2 Å². The van der Waals surface area contributed by atoms with Crippen LogP contribution in [0.25, 0.3) is 8.92 Å². The molecular weight excluding hydrogens is 491 g/mol. The number of fused-ring (bicyclic) bond motifs is 1. The molecule has 2 rings (SSSR count). The first kappa shape index (κ1) is 22.9. The van der Waals surface area contributed by atoms with Crippen LogP contribution in [0.15, 0.2) is 12.1 Å². The van der Waals surface area contributed by atoms with Crippen LogP contribution in [0.3, 0.4) is 0 Å². The summed E-state index contributed by atoms with van der Waals surface area (Å²) < 4.78 is 68.8. The number of ether oxygens (including phenoxy) is 1. The minimum Gasteiger partial charge on any atom is -0.741 e. The van der Waals surface area contributed by atoms with Gasteiger partial charge in [0.05, 0.1) is 0 Å². The Morgan fingerprint density at radius 2 is 1.73 bits per heavy atom. The molecule has 0 aliphatic rings. The van der Waals surface area contributed by atoms with E-state index >= 15 is 0 Å². The number of carbonyl (C=O) groups excluding carboxylic acids is 1. The SMILES string of the molecule is CCOC(=O)C[n+]1c(C)[te]c2cc(C)c(C)cc21.O=S(=O)([O-])C(F)(F)F. The molecule has 2 aromatic rings. The van der Waals surface area contributed by atoms with Crippen molar-refractivity contribution in [2.75, 3.05) is 6.61 Å². The summed E-state index contributed by atoms with van der Waals surface area (Å²) in [6.45, 7) is 9.03. The van der Waals surface area contributed by atoms with Crippen LogP contribution in [0.1, 0.15) is 21.8 Å². The Kier molecular flexibility index (Phi) is 7.65. The van der Waals surface area contributed by atoms with Crippen LogP contribution in [-0.4, -0.2) is 51.5 Å². The van der Waals surface area contributed by atoms with Gasteiger partial charge in [-0.2, -0.15) is 13.2 Å². The number of aryl methyl sites for hydroxylation is 3. The Morgan fingerprint density at radius 1 is 1.23 bits per heavy atom. The molecule has 0 radical (unpaired) electrons. The van der Waals surface area contributed by atoms with Gasteiger partial charge in [0, 0.05) is 0 Å². The topological polar surface area (TPSA) is 87.4 Å². The van der Waals surface area contributed by atoms with Crippen molar-refractivity contribution in [1.82, 2.24) is 0 Å². The van der Waals surface area contributed by atoms with Gasteiger partial charge >= 0.3 is 123 Å². The van der Waals surface area contributed by atoms with E-state index in [-0.39, 0.29) is 26.4 Å². The number of alkyl halides is 3. The number of rotatable bonds is 3. The molecule has 1 aromatic carbocycles. The molecule has 0 saturated carbocycles. The number of nitrogens with zero attached hydrogens (tertiary/aromatic N) is 1. The summed E-state index contributed by atoms with van der Waals surface area (Å²) in [5, 5.41) is 0. The summed E-state index contributed by atoms with van der Waals surface area (Å²) in [4.78, 5) is 11.6. The monoisotopic (exact) mass is 511 g/mol. The predicted molar refractivity (Wildman–Crippen MR) is 87.7 cm³/mol. The zero-order chi connectivity index (χ0) is 20.3. The van der Waals surface area contributed by atoms with Crippen LogP contribution >= 0.6 is 0 Å². The Labute approximate surface area is 158 Å². The van der Waals surface area contributed by atoms with Crippen molar-refractivity contribution in [3.05, 3.63) is 27.0 Å². The average molecular weight is 509 g/mol. The van der Waals surface area contributed by atoms with Gasteiger partial charge in [-0.1, -0.05) is 0 Å². The number of esters is 1. The van der Waals surface area contributed by atoms with Gasteiger partial charge in [-0.05, 0) is 0 Å². The second kappa shape index (κ2) is 8.69. The molecule has 26 heavy (non-hydrogen) atoms. The van der Waals surface area contributed by atoms with Gasteiger partial charge in [-0.25, -0.2) is 8.42 Å². The maximum Gasteiger partial charge on any atom is 0.485 e.